The van der Waals surface area contributed by atoms with E-state index in [1.165, 1.54) is 5.56 Å². The molecule has 0 aliphatic heterocycles. The van der Waals surface area contributed by atoms with Gasteiger partial charge in [0.2, 0.25) is 0 Å². The third-order valence-corrected chi connectivity index (χ3v) is 3.29. The number of rotatable bonds is 6. The molecule has 0 saturated carbocycles. The Kier molecular flexibility index (Phi) is 5.56. The zero-order valence-corrected chi connectivity index (χ0v) is 12.4. The van der Waals surface area contributed by atoms with Crippen LogP contribution in [-0.4, -0.2) is 31.3 Å². The highest BCUT2D eigenvalue weighted by Crippen LogP contribution is 2.27. The van der Waals surface area contributed by atoms with Crippen LogP contribution in [0.5, 0.6) is 0 Å². The molecule has 1 unspecified atom stereocenters. The molecule has 1 rings (SSSR count). The summed E-state index contributed by atoms with van der Waals surface area (Å²) in [5.74, 6) is 0. The molecule has 1 atom stereocenters. The summed E-state index contributed by atoms with van der Waals surface area (Å²) in [6, 6.07) is 6.34. The lowest BCUT2D eigenvalue weighted by Gasteiger charge is -2.32. The summed E-state index contributed by atoms with van der Waals surface area (Å²) in [4.78, 5) is 2.73. The van der Waals surface area contributed by atoms with Crippen molar-refractivity contribution in [3.63, 3.8) is 0 Å². The molecule has 100 valence electrons. The maximum atomic E-state index is 5.82. The van der Waals surface area contributed by atoms with Crippen LogP contribution >= 0.6 is 12.2 Å². The second kappa shape index (κ2) is 6.71. The van der Waals surface area contributed by atoms with Crippen LogP contribution in [0.1, 0.15) is 25.0 Å². The fourth-order valence-electron chi connectivity index (χ4n) is 2.26. The molecule has 0 fully saturated rings. The summed E-state index contributed by atoms with van der Waals surface area (Å²) >= 11 is 5.15. The summed E-state index contributed by atoms with van der Waals surface area (Å²) in [6.45, 7) is 7.92. The minimum atomic E-state index is 0.286. The quantitative estimate of drug-likeness (QED) is 0.803. The van der Waals surface area contributed by atoms with Crippen LogP contribution in [0.15, 0.2) is 18.2 Å². The van der Waals surface area contributed by atoms with Crippen LogP contribution in [0.25, 0.3) is 0 Å². The Bertz CT molecular complexity index is 420. The Morgan fingerprint density at radius 1 is 1.50 bits per heavy atom. The van der Waals surface area contributed by atoms with Gasteiger partial charge in [-0.05, 0) is 32.4 Å². The molecule has 0 aliphatic rings. The van der Waals surface area contributed by atoms with Gasteiger partial charge < -0.3 is 15.4 Å². The van der Waals surface area contributed by atoms with Crippen molar-refractivity contribution in [1.29, 1.82) is 0 Å². The van der Waals surface area contributed by atoms with Crippen LogP contribution in [0.4, 0.5) is 5.69 Å². The first-order valence-electron chi connectivity index (χ1n) is 6.17. The fraction of sp³-hybridized carbons (Fsp3) is 0.500. The van der Waals surface area contributed by atoms with Gasteiger partial charge in [-0.3, -0.25) is 0 Å². The van der Waals surface area contributed by atoms with E-state index in [1.807, 2.05) is 12.1 Å². The van der Waals surface area contributed by atoms with Gasteiger partial charge in [0.1, 0.15) is 4.99 Å². The van der Waals surface area contributed by atoms with Crippen molar-refractivity contribution < 1.29 is 4.74 Å². The van der Waals surface area contributed by atoms with Gasteiger partial charge in [0, 0.05) is 25.3 Å². The molecule has 0 radical (unpaired) electrons. The number of nitrogens with two attached hydrogens (primary N) is 1. The van der Waals surface area contributed by atoms with Gasteiger partial charge in [0.05, 0.1) is 12.3 Å². The molecule has 0 amide bonds. The third kappa shape index (κ3) is 3.21. The van der Waals surface area contributed by atoms with Gasteiger partial charge in [-0.25, -0.2) is 0 Å². The number of aryl methyl sites for hydroxylation is 1. The smallest absolute Gasteiger partial charge is 0.106 e. The number of benzene rings is 1. The first-order chi connectivity index (χ1) is 8.52. The fourth-order valence-corrected chi connectivity index (χ4v) is 2.43. The number of methoxy groups -OCH3 is 1. The first kappa shape index (κ1) is 14.9. The van der Waals surface area contributed by atoms with E-state index >= 15 is 0 Å². The molecular weight excluding hydrogens is 244 g/mol. The average molecular weight is 266 g/mol. The zero-order chi connectivity index (χ0) is 13.7. The number of nitrogens with zero attached hydrogens (tertiary/aromatic N) is 1. The molecule has 0 spiro atoms. The first-order valence-corrected chi connectivity index (χ1v) is 6.58. The molecular formula is C14H22N2OS. The van der Waals surface area contributed by atoms with Crippen molar-refractivity contribution in [2.75, 3.05) is 25.2 Å². The minimum Gasteiger partial charge on any atom is -0.389 e. The van der Waals surface area contributed by atoms with Gasteiger partial charge in [0.15, 0.2) is 0 Å². The monoisotopic (exact) mass is 266 g/mol. The van der Waals surface area contributed by atoms with Gasteiger partial charge in [0.25, 0.3) is 0 Å². The Labute approximate surface area is 115 Å². The van der Waals surface area contributed by atoms with Crippen molar-refractivity contribution in [2.24, 2.45) is 5.73 Å². The lowest BCUT2D eigenvalue weighted by molar-refractivity contribution is 0.182. The summed E-state index contributed by atoms with van der Waals surface area (Å²) in [5.41, 5.74) is 9.07. The molecule has 0 bridgehead atoms. The van der Waals surface area contributed by atoms with E-state index in [9.17, 15) is 0 Å². The molecule has 1 aromatic rings. The van der Waals surface area contributed by atoms with E-state index in [2.05, 4.69) is 31.7 Å². The molecule has 1 aromatic carbocycles. The van der Waals surface area contributed by atoms with E-state index < -0.39 is 0 Å². The number of anilines is 1. The molecule has 0 aliphatic carbocycles. The highest BCUT2D eigenvalue weighted by molar-refractivity contribution is 7.80. The number of para-hydroxylation sites is 1. The molecule has 0 saturated heterocycles. The van der Waals surface area contributed by atoms with Crippen LogP contribution in [0.2, 0.25) is 0 Å². The van der Waals surface area contributed by atoms with E-state index in [0.717, 1.165) is 17.8 Å². The van der Waals surface area contributed by atoms with Crippen molar-refractivity contribution in [1.82, 2.24) is 0 Å². The largest absolute Gasteiger partial charge is 0.389 e. The Balaban J connectivity index is 3.23. The predicted molar refractivity (Wildman–Crippen MR) is 81.4 cm³/mol. The summed E-state index contributed by atoms with van der Waals surface area (Å²) in [5, 5.41) is 0. The summed E-state index contributed by atoms with van der Waals surface area (Å²) in [7, 11) is 1.72. The second-order valence-electron chi connectivity index (χ2n) is 4.43. The molecule has 2 N–H and O–H groups in total. The van der Waals surface area contributed by atoms with E-state index in [0.29, 0.717) is 11.6 Å². The molecule has 0 heterocycles. The number of thiocarbonyl (C=S) groups is 1. The normalized spacial score (nSPS) is 12.2. The van der Waals surface area contributed by atoms with Crippen LogP contribution < -0.4 is 10.6 Å². The van der Waals surface area contributed by atoms with Crippen molar-refractivity contribution >= 4 is 22.9 Å². The molecule has 0 aromatic heterocycles. The number of hydrogen-bond donors (Lipinski definition) is 1. The van der Waals surface area contributed by atoms with Crippen molar-refractivity contribution in [3.8, 4) is 0 Å². The topological polar surface area (TPSA) is 38.5 Å². The maximum absolute atomic E-state index is 5.82. The Hall–Kier alpha value is -1.13. The maximum Gasteiger partial charge on any atom is 0.106 e. The second-order valence-corrected chi connectivity index (χ2v) is 4.87. The van der Waals surface area contributed by atoms with E-state index in [4.69, 9.17) is 22.7 Å². The van der Waals surface area contributed by atoms with Crippen LogP contribution in [0, 0.1) is 6.92 Å². The minimum absolute atomic E-state index is 0.286. The van der Waals surface area contributed by atoms with Crippen LogP contribution in [-0.2, 0) is 4.74 Å². The van der Waals surface area contributed by atoms with Crippen molar-refractivity contribution in [2.45, 2.75) is 26.8 Å². The van der Waals surface area contributed by atoms with Crippen LogP contribution in [0.3, 0.4) is 0 Å². The highest BCUT2D eigenvalue weighted by Gasteiger charge is 2.18. The molecule has 18 heavy (non-hydrogen) atoms. The summed E-state index contributed by atoms with van der Waals surface area (Å²) in [6.07, 6.45) is 0. The lowest BCUT2D eigenvalue weighted by atomic mass is 10.0. The van der Waals surface area contributed by atoms with E-state index in [1.54, 1.807) is 7.11 Å². The van der Waals surface area contributed by atoms with Gasteiger partial charge in [-0.2, -0.15) is 0 Å². The lowest BCUT2D eigenvalue weighted by Crippen LogP contribution is -2.38. The number of likely N-dealkylation sites (N-methyl/N-ethyl adjacent to an activating group) is 1. The average Bonchev–Trinajstić information content (AvgIpc) is 2.32. The zero-order valence-electron chi connectivity index (χ0n) is 11.6. The Morgan fingerprint density at radius 3 is 2.67 bits per heavy atom. The SMILES string of the molecule is CCN(c1c(C)cccc1C(N)=S)C(C)COC. The highest BCUT2D eigenvalue weighted by atomic mass is 32.1. The molecule has 3 nitrogen and oxygen atoms in total. The third-order valence-electron chi connectivity index (χ3n) is 3.07. The van der Waals surface area contributed by atoms with Gasteiger partial charge in [-0.15, -0.1) is 0 Å². The van der Waals surface area contributed by atoms with E-state index in [-0.39, 0.29) is 6.04 Å². The van der Waals surface area contributed by atoms with Gasteiger partial charge >= 0.3 is 0 Å². The number of ether oxygens (including phenoxy) is 1. The summed E-state index contributed by atoms with van der Waals surface area (Å²) < 4.78 is 5.24. The molecule has 4 heteroatoms. The Morgan fingerprint density at radius 2 is 2.17 bits per heavy atom. The van der Waals surface area contributed by atoms with Gasteiger partial charge in [-0.1, -0.05) is 24.4 Å². The van der Waals surface area contributed by atoms with Crippen molar-refractivity contribution in [3.05, 3.63) is 29.3 Å². The number of hydrogen-bond acceptors (Lipinski definition) is 3. The standard InChI is InChI=1S/C14H22N2OS/c1-5-16(11(3)9-17-4)13-10(2)7-6-8-12(13)14(15)18/h6-8,11H,5,9H2,1-4H3,(H2,15,18). The predicted octanol–water partition coefficient (Wildman–Crippen LogP) is 2.49.